The minimum absolute atomic E-state index is 0.0189. The molecule has 1 aromatic rings. The smallest absolute Gasteiger partial charge is 0.325 e. The molecule has 3 rings (SSSR count). The molecule has 0 unspecified atom stereocenters. The monoisotopic (exact) mass is 614 g/mol. The standard InChI is InChI=1S/C29H44O10S2/c1-4-5-15-29(2,3)23-16-24(38-26(30)18-40(32,33)34)28(25(17-23)39-27(31)19-41(35,36)37)22-13-11-21(12-14-22)20-9-7-6-8-10-20/h16-17,20-22H,4-15,18-19H2,1-3H3,(H,32,33,34)(H,35,36,37)/p-2. The Morgan fingerprint density at radius 3 is 1.71 bits per heavy atom. The van der Waals surface area contributed by atoms with Crippen LogP contribution in [0, 0.1) is 11.8 Å². The Labute approximate surface area is 244 Å². The van der Waals surface area contributed by atoms with Gasteiger partial charge < -0.3 is 18.6 Å². The maximum atomic E-state index is 12.5. The lowest BCUT2D eigenvalue weighted by Crippen LogP contribution is -2.26. The number of rotatable bonds is 12. The number of hydrogen-bond donors (Lipinski definition) is 0. The first-order chi connectivity index (χ1) is 19.1. The average Bonchev–Trinajstić information content (AvgIpc) is 2.86. The van der Waals surface area contributed by atoms with Crippen LogP contribution in [0.4, 0.5) is 0 Å². The van der Waals surface area contributed by atoms with Gasteiger partial charge in [-0.05, 0) is 73.0 Å². The van der Waals surface area contributed by atoms with Crippen molar-refractivity contribution in [3.8, 4) is 11.5 Å². The van der Waals surface area contributed by atoms with Crippen LogP contribution in [-0.4, -0.2) is 49.4 Å². The minimum atomic E-state index is -4.91. The van der Waals surface area contributed by atoms with Crippen LogP contribution in [0.25, 0.3) is 0 Å². The predicted octanol–water partition coefficient (Wildman–Crippen LogP) is 4.91. The molecule has 12 heteroatoms. The van der Waals surface area contributed by atoms with Crippen molar-refractivity contribution in [2.75, 3.05) is 11.5 Å². The first-order valence-corrected chi connectivity index (χ1v) is 17.7. The molecule has 2 aliphatic rings. The number of esters is 2. The van der Waals surface area contributed by atoms with E-state index < -0.39 is 49.1 Å². The summed E-state index contributed by atoms with van der Waals surface area (Å²) in [4.78, 5) is 25.1. The fourth-order valence-electron chi connectivity index (χ4n) is 6.40. The van der Waals surface area contributed by atoms with Gasteiger partial charge in [0.05, 0.1) is 0 Å². The molecule has 0 N–H and O–H groups in total. The lowest BCUT2D eigenvalue weighted by molar-refractivity contribution is -0.132. The van der Waals surface area contributed by atoms with Gasteiger partial charge in [-0.3, -0.25) is 9.59 Å². The third kappa shape index (κ3) is 10.3. The summed E-state index contributed by atoms with van der Waals surface area (Å²) in [5, 5.41) is 0. The van der Waals surface area contributed by atoms with E-state index in [2.05, 4.69) is 0 Å². The van der Waals surface area contributed by atoms with E-state index in [0.29, 0.717) is 35.8 Å². The van der Waals surface area contributed by atoms with Crippen LogP contribution in [0.15, 0.2) is 12.1 Å². The first-order valence-electron chi connectivity index (χ1n) is 14.5. The molecule has 2 saturated carbocycles. The van der Waals surface area contributed by atoms with Gasteiger partial charge in [-0.15, -0.1) is 0 Å². The van der Waals surface area contributed by atoms with Crippen LogP contribution in [0.1, 0.15) is 115 Å². The summed E-state index contributed by atoms with van der Waals surface area (Å²) in [6.45, 7) is 5.94. The third-order valence-corrected chi connectivity index (χ3v) is 9.75. The third-order valence-electron chi connectivity index (χ3n) is 8.57. The molecule has 0 bridgehead atoms. The lowest BCUT2D eigenvalue weighted by Gasteiger charge is -2.37. The number of hydrogen-bond acceptors (Lipinski definition) is 10. The molecule has 0 aliphatic heterocycles. The van der Waals surface area contributed by atoms with E-state index in [4.69, 9.17) is 9.47 Å². The van der Waals surface area contributed by atoms with Crippen molar-refractivity contribution in [1.82, 2.24) is 0 Å². The molecule has 0 amide bonds. The van der Waals surface area contributed by atoms with Crippen molar-refractivity contribution in [1.29, 1.82) is 0 Å². The Morgan fingerprint density at radius 1 is 0.805 bits per heavy atom. The van der Waals surface area contributed by atoms with E-state index >= 15 is 0 Å². The Morgan fingerprint density at radius 2 is 1.27 bits per heavy atom. The maximum absolute atomic E-state index is 12.5. The summed E-state index contributed by atoms with van der Waals surface area (Å²) in [7, 11) is -9.82. The fraction of sp³-hybridized carbons (Fsp3) is 0.724. The number of benzene rings is 1. The van der Waals surface area contributed by atoms with E-state index in [1.54, 1.807) is 12.1 Å². The van der Waals surface area contributed by atoms with E-state index in [1.807, 2.05) is 20.8 Å². The van der Waals surface area contributed by atoms with E-state index in [0.717, 1.165) is 32.1 Å². The van der Waals surface area contributed by atoms with E-state index in [9.17, 15) is 35.5 Å². The van der Waals surface area contributed by atoms with Crippen molar-refractivity contribution >= 4 is 32.2 Å². The van der Waals surface area contributed by atoms with Crippen LogP contribution in [-0.2, 0) is 35.2 Å². The van der Waals surface area contributed by atoms with Gasteiger partial charge in [0.25, 0.3) is 0 Å². The Bertz CT molecular complexity index is 1220. The SMILES string of the molecule is CCCCC(C)(C)c1cc(OC(=O)CS(=O)(=O)[O-])c(C2CCC(C3CCCCC3)CC2)c(OC(=O)CS(=O)(=O)[O-])c1. The highest BCUT2D eigenvalue weighted by atomic mass is 32.2. The normalized spacial score (nSPS) is 20.9. The van der Waals surface area contributed by atoms with Crippen LogP contribution in [0.2, 0.25) is 0 Å². The molecule has 232 valence electrons. The molecule has 0 radical (unpaired) electrons. The summed E-state index contributed by atoms with van der Waals surface area (Å²) in [5.74, 6) is -4.33. The highest BCUT2D eigenvalue weighted by Gasteiger charge is 2.34. The van der Waals surface area contributed by atoms with Crippen molar-refractivity contribution in [3.63, 3.8) is 0 Å². The Kier molecular flexibility index (Phi) is 11.4. The largest absolute Gasteiger partial charge is 0.748 e. The molecule has 1 aromatic carbocycles. The lowest BCUT2D eigenvalue weighted by atomic mass is 9.69. The van der Waals surface area contributed by atoms with Gasteiger partial charge in [0.2, 0.25) is 0 Å². The zero-order chi connectivity index (χ0) is 30.4. The van der Waals surface area contributed by atoms with Crippen molar-refractivity contribution < 1.29 is 45.0 Å². The molecule has 10 nitrogen and oxygen atoms in total. The average molecular weight is 615 g/mol. The topological polar surface area (TPSA) is 167 Å². The van der Waals surface area contributed by atoms with Crippen molar-refractivity contribution in [3.05, 3.63) is 23.3 Å². The minimum Gasteiger partial charge on any atom is -0.748 e. The summed E-state index contributed by atoms with van der Waals surface area (Å²) < 4.78 is 78.7. The van der Waals surface area contributed by atoms with Gasteiger partial charge >= 0.3 is 11.9 Å². The van der Waals surface area contributed by atoms with Gasteiger partial charge in [0.1, 0.15) is 43.2 Å². The quantitative estimate of drug-likeness (QED) is 0.179. The molecule has 2 fully saturated rings. The number of carbonyl (C=O) groups is 2. The summed E-state index contributed by atoms with van der Waals surface area (Å²) in [6, 6.07) is 3.24. The zero-order valence-electron chi connectivity index (χ0n) is 24.2. The van der Waals surface area contributed by atoms with Crippen molar-refractivity contribution in [2.45, 2.75) is 109 Å². The van der Waals surface area contributed by atoms with Crippen LogP contribution in [0.3, 0.4) is 0 Å². The zero-order valence-corrected chi connectivity index (χ0v) is 25.8. The van der Waals surface area contributed by atoms with Gasteiger partial charge in [-0.25, -0.2) is 16.8 Å². The summed E-state index contributed by atoms with van der Waals surface area (Å²) in [5.41, 5.74) is 0.464. The Balaban J connectivity index is 2.05. The second-order valence-electron chi connectivity index (χ2n) is 12.2. The molecular formula is C29H42O10S2-2. The second-order valence-corrected chi connectivity index (χ2v) is 15.0. The van der Waals surface area contributed by atoms with Gasteiger partial charge in [0, 0.05) is 5.56 Å². The van der Waals surface area contributed by atoms with Crippen LogP contribution in [0.5, 0.6) is 11.5 Å². The van der Waals surface area contributed by atoms with Gasteiger partial charge in [-0.2, -0.15) is 0 Å². The van der Waals surface area contributed by atoms with Gasteiger partial charge in [-0.1, -0.05) is 65.7 Å². The highest BCUT2D eigenvalue weighted by Crippen LogP contribution is 2.49. The predicted molar refractivity (Wildman–Crippen MR) is 151 cm³/mol. The van der Waals surface area contributed by atoms with E-state index in [1.165, 1.54) is 32.1 Å². The number of carbonyl (C=O) groups excluding carboxylic acids is 2. The summed E-state index contributed by atoms with van der Waals surface area (Å²) in [6.07, 6.45) is 11.8. The Hall–Kier alpha value is -2.02. The maximum Gasteiger partial charge on any atom is 0.325 e. The highest BCUT2D eigenvalue weighted by molar-refractivity contribution is 7.86. The summed E-state index contributed by atoms with van der Waals surface area (Å²) >= 11 is 0. The first kappa shape index (κ1) is 33.5. The fourth-order valence-corrected chi connectivity index (χ4v) is 7.10. The molecule has 0 saturated heterocycles. The number of ether oxygens (including phenoxy) is 2. The van der Waals surface area contributed by atoms with Gasteiger partial charge in [0.15, 0.2) is 0 Å². The van der Waals surface area contributed by atoms with Crippen LogP contribution >= 0.6 is 0 Å². The molecule has 0 atom stereocenters. The number of unbranched alkanes of at least 4 members (excludes halogenated alkanes) is 1. The van der Waals surface area contributed by atoms with Crippen LogP contribution < -0.4 is 9.47 Å². The molecule has 0 heterocycles. The molecule has 2 aliphatic carbocycles. The second kappa shape index (κ2) is 14.0. The van der Waals surface area contributed by atoms with Crippen molar-refractivity contribution in [2.24, 2.45) is 11.8 Å². The molecule has 41 heavy (non-hydrogen) atoms. The molecular weight excluding hydrogens is 572 g/mol. The molecule has 0 spiro atoms. The van der Waals surface area contributed by atoms with E-state index in [-0.39, 0.29) is 17.4 Å². The molecule has 0 aromatic heterocycles.